The molecule has 0 atom stereocenters. The minimum atomic E-state index is -0.284. The van der Waals surface area contributed by atoms with Crippen LogP contribution in [0.1, 0.15) is 26.7 Å². The Morgan fingerprint density at radius 1 is 1.21 bits per heavy atom. The molecule has 0 bridgehead atoms. The van der Waals surface area contributed by atoms with E-state index >= 15 is 0 Å². The van der Waals surface area contributed by atoms with Gasteiger partial charge >= 0.3 is 12.1 Å². The van der Waals surface area contributed by atoms with Gasteiger partial charge < -0.3 is 25.0 Å². The van der Waals surface area contributed by atoms with Crippen LogP contribution in [0.5, 0.6) is 5.75 Å². The van der Waals surface area contributed by atoms with Gasteiger partial charge in [-0.3, -0.25) is 0 Å². The Labute approximate surface area is 142 Å². The molecule has 1 aromatic carbocycles. The van der Waals surface area contributed by atoms with Gasteiger partial charge in [-0.1, -0.05) is 6.07 Å². The number of hydrogen-bond donors (Lipinski definition) is 2. The summed E-state index contributed by atoms with van der Waals surface area (Å²) in [6.07, 6.45) is 1.14. The zero-order valence-electron chi connectivity index (χ0n) is 14.2. The number of likely N-dealkylation sites (tertiary alicyclic amines) is 1. The van der Waals surface area contributed by atoms with Gasteiger partial charge in [-0.15, -0.1) is 0 Å². The standard InChI is InChI=1S/C17H25N3O4/c1-3-23-15-7-5-6-14(12-15)19-16(21)18-13-8-10-20(11-9-13)17(22)24-4-2/h5-7,12-13H,3-4,8-11H2,1-2H3,(H2,18,19,21). The molecule has 2 N–H and O–H groups in total. The number of carbonyl (C=O) groups excluding carboxylic acids is 2. The van der Waals surface area contributed by atoms with Gasteiger partial charge in [0.25, 0.3) is 0 Å². The lowest BCUT2D eigenvalue weighted by atomic mass is 10.1. The van der Waals surface area contributed by atoms with Crippen molar-refractivity contribution in [3.63, 3.8) is 0 Å². The zero-order chi connectivity index (χ0) is 17.4. The Morgan fingerprint density at radius 2 is 1.96 bits per heavy atom. The summed E-state index contributed by atoms with van der Waals surface area (Å²) < 4.78 is 10.4. The zero-order valence-corrected chi connectivity index (χ0v) is 14.2. The molecule has 7 nitrogen and oxygen atoms in total. The number of nitrogens with one attached hydrogen (secondary N) is 2. The van der Waals surface area contributed by atoms with Crippen LogP contribution in [0.15, 0.2) is 24.3 Å². The number of urea groups is 1. The van der Waals surface area contributed by atoms with Crippen LogP contribution >= 0.6 is 0 Å². The van der Waals surface area contributed by atoms with Gasteiger partial charge in [-0.25, -0.2) is 9.59 Å². The van der Waals surface area contributed by atoms with Crippen molar-refractivity contribution in [2.75, 3.05) is 31.6 Å². The maximum absolute atomic E-state index is 12.1. The first kappa shape index (κ1) is 17.9. The minimum absolute atomic E-state index is 0.0470. The van der Waals surface area contributed by atoms with Crippen molar-refractivity contribution in [3.8, 4) is 5.75 Å². The molecule has 2 rings (SSSR count). The molecule has 132 valence electrons. The summed E-state index contributed by atoms with van der Waals surface area (Å²) in [6.45, 7) is 5.83. The number of carbonyl (C=O) groups is 2. The van der Waals surface area contributed by atoms with Crippen LogP contribution in [-0.4, -0.2) is 49.4 Å². The smallest absolute Gasteiger partial charge is 0.409 e. The molecule has 24 heavy (non-hydrogen) atoms. The topological polar surface area (TPSA) is 79.9 Å². The van der Waals surface area contributed by atoms with E-state index in [1.807, 2.05) is 25.1 Å². The number of benzene rings is 1. The van der Waals surface area contributed by atoms with Crippen LogP contribution < -0.4 is 15.4 Å². The number of nitrogens with zero attached hydrogens (tertiary/aromatic N) is 1. The molecule has 0 saturated carbocycles. The first-order chi connectivity index (χ1) is 11.6. The van der Waals surface area contributed by atoms with Crippen LogP contribution in [0.2, 0.25) is 0 Å². The van der Waals surface area contributed by atoms with E-state index in [1.165, 1.54) is 0 Å². The third kappa shape index (κ3) is 5.33. The fraction of sp³-hybridized carbons (Fsp3) is 0.529. The molecule has 7 heteroatoms. The highest BCUT2D eigenvalue weighted by Crippen LogP contribution is 2.17. The van der Waals surface area contributed by atoms with Crippen molar-refractivity contribution in [2.24, 2.45) is 0 Å². The molecule has 0 aromatic heterocycles. The van der Waals surface area contributed by atoms with Gasteiger partial charge in [-0.2, -0.15) is 0 Å². The Balaban J connectivity index is 1.77. The van der Waals surface area contributed by atoms with E-state index in [0.29, 0.717) is 44.8 Å². The number of piperidine rings is 1. The fourth-order valence-electron chi connectivity index (χ4n) is 2.60. The highest BCUT2D eigenvalue weighted by molar-refractivity contribution is 5.89. The highest BCUT2D eigenvalue weighted by Gasteiger charge is 2.24. The Morgan fingerprint density at radius 3 is 2.62 bits per heavy atom. The fourth-order valence-corrected chi connectivity index (χ4v) is 2.60. The summed E-state index contributed by atoms with van der Waals surface area (Å²) in [5.41, 5.74) is 0.683. The quantitative estimate of drug-likeness (QED) is 0.867. The number of hydrogen-bond acceptors (Lipinski definition) is 4. The van der Waals surface area contributed by atoms with Gasteiger partial charge in [0.05, 0.1) is 13.2 Å². The van der Waals surface area contributed by atoms with Crippen molar-refractivity contribution in [3.05, 3.63) is 24.3 Å². The average Bonchev–Trinajstić information content (AvgIpc) is 2.56. The number of amides is 3. The molecule has 0 radical (unpaired) electrons. The van der Waals surface area contributed by atoms with Crippen molar-refractivity contribution < 1.29 is 19.1 Å². The molecule has 0 aliphatic carbocycles. The first-order valence-corrected chi connectivity index (χ1v) is 8.34. The second kappa shape index (κ2) is 9.00. The predicted molar refractivity (Wildman–Crippen MR) is 91.4 cm³/mol. The molecule has 1 aromatic rings. The van der Waals surface area contributed by atoms with Crippen LogP contribution in [0.25, 0.3) is 0 Å². The second-order valence-corrected chi connectivity index (χ2v) is 5.52. The van der Waals surface area contributed by atoms with E-state index in [0.717, 1.165) is 5.75 Å². The summed E-state index contributed by atoms with van der Waals surface area (Å²) in [4.78, 5) is 25.4. The van der Waals surface area contributed by atoms with Gasteiger partial charge in [0.15, 0.2) is 0 Å². The maximum Gasteiger partial charge on any atom is 0.409 e. The molecule has 0 unspecified atom stereocenters. The largest absolute Gasteiger partial charge is 0.494 e. The van der Waals surface area contributed by atoms with E-state index in [2.05, 4.69) is 10.6 Å². The normalized spacial score (nSPS) is 14.8. The molecule has 1 heterocycles. The number of anilines is 1. The van der Waals surface area contributed by atoms with Gasteiger partial charge in [0.1, 0.15) is 5.75 Å². The van der Waals surface area contributed by atoms with Crippen LogP contribution in [-0.2, 0) is 4.74 Å². The molecule has 1 fully saturated rings. The predicted octanol–water partition coefficient (Wildman–Crippen LogP) is 2.83. The summed E-state index contributed by atoms with van der Waals surface area (Å²) in [6, 6.07) is 7.07. The third-order valence-electron chi connectivity index (χ3n) is 3.76. The lowest BCUT2D eigenvalue weighted by Gasteiger charge is -2.31. The van der Waals surface area contributed by atoms with Crippen molar-refractivity contribution in [1.29, 1.82) is 0 Å². The van der Waals surface area contributed by atoms with Crippen LogP contribution in [0.3, 0.4) is 0 Å². The average molecular weight is 335 g/mol. The van der Waals surface area contributed by atoms with Gasteiger partial charge in [0.2, 0.25) is 0 Å². The molecule has 1 aliphatic heterocycles. The molecule has 0 spiro atoms. The summed E-state index contributed by atoms with van der Waals surface area (Å²) in [7, 11) is 0. The maximum atomic E-state index is 12.1. The minimum Gasteiger partial charge on any atom is -0.494 e. The molecular formula is C17H25N3O4. The number of ether oxygens (including phenoxy) is 2. The van der Waals surface area contributed by atoms with Crippen molar-refractivity contribution in [2.45, 2.75) is 32.7 Å². The Hall–Kier alpha value is -2.44. The summed E-state index contributed by atoms with van der Waals surface area (Å²) >= 11 is 0. The van der Waals surface area contributed by atoms with Crippen LogP contribution in [0, 0.1) is 0 Å². The van der Waals surface area contributed by atoms with Crippen molar-refractivity contribution >= 4 is 17.8 Å². The SMILES string of the molecule is CCOC(=O)N1CCC(NC(=O)Nc2cccc(OCC)c2)CC1. The lowest BCUT2D eigenvalue weighted by molar-refractivity contribution is 0.0959. The Bertz CT molecular complexity index is 557. The Kier molecular flexibility index (Phi) is 6.72. The van der Waals surface area contributed by atoms with E-state index in [9.17, 15) is 9.59 Å². The third-order valence-corrected chi connectivity index (χ3v) is 3.76. The lowest BCUT2D eigenvalue weighted by Crippen LogP contribution is -2.47. The second-order valence-electron chi connectivity index (χ2n) is 5.52. The first-order valence-electron chi connectivity index (χ1n) is 8.34. The summed E-state index contributed by atoms with van der Waals surface area (Å²) in [5.74, 6) is 0.720. The van der Waals surface area contributed by atoms with Gasteiger partial charge in [0, 0.05) is 30.9 Å². The number of rotatable bonds is 5. The van der Waals surface area contributed by atoms with E-state index < -0.39 is 0 Å². The van der Waals surface area contributed by atoms with Crippen molar-refractivity contribution in [1.82, 2.24) is 10.2 Å². The molecular weight excluding hydrogens is 310 g/mol. The van der Waals surface area contributed by atoms with Gasteiger partial charge in [-0.05, 0) is 38.8 Å². The molecule has 1 aliphatic rings. The van der Waals surface area contributed by atoms with Crippen LogP contribution in [0.4, 0.5) is 15.3 Å². The van der Waals surface area contributed by atoms with E-state index in [-0.39, 0.29) is 18.2 Å². The van der Waals surface area contributed by atoms with E-state index in [4.69, 9.17) is 9.47 Å². The summed E-state index contributed by atoms with van der Waals surface area (Å²) in [5, 5.41) is 5.75. The monoisotopic (exact) mass is 335 g/mol. The molecule has 3 amide bonds. The highest BCUT2D eigenvalue weighted by atomic mass is 16.6. The van der Waals surface area contributed by atoms with E-state index in [1.54, 1.807) is 17.9 Å². The molecule has 1 saturated heterocycles.